The maximum atomic E-state index is 17.0. The van der Waals surface area contributed by atoms with Crippen LogP contribution < -0.4 is 0 Å². The third-order valence-electron chi connectivity index (χ3n) is 12.2. The van der Waals surface area contributed by atoms with Gasteiger partial charge in [0.05, 0.1) is 6.07 Å². The second kappa shape index (κ2) is 13.9. The highest BCUT2D eigenvalue weighted by Crippen LogP contribution is 2.80. The lowest BCUT2D eigenvalue weighted by atomic mass is 9.34. The van der Waals surface area contributed by atoms with E-state index in [4.69, 9.17) is 4.74 Å². The monoisotopic (exact) mass is 825 g/mol. The number of halogens is 18. The minimum atomic E-state index is -8.28. The van der Waals surface area contributed by atoms with Gasteiger partial charge in [0.15, 0.2) is 6.29 Å². The molecule has 4 aliphatic rings. The second-order valence-corrected chi connectivity index (χ2v) is 15.7. The number of unbranched alkanes of at least 4 members (excludes halogenated alkanes) is 1. The van der Waals surface area contributed by atoms with Gasteiger partial charge in [-0.15, -0.1) is 0 Å². The number of rotatable bonds is 17. The molecule has 4 fully saturated rings. The van der Waals surface area contributed by atoms with Crippen molar-refractivity contribution in [1.82, 2.24) is 0 Å². The Bertz CT molecular complexity index is 1320. The van der Waals surface area contributed by atoms with Crippen molar-refractivity contribution >= 4 is 0 Å². The molecule has 0 aromatic carbocycles. The SMILES string of the molecule is CCCCOC(C)OC(C12CC3CC(CC(C(C)(CC)CC(C)C#N)(C3)C1)C2)(C(F)(F)C(F)(F)C(F)(F)C(F)(F)F)C(F)(F)C(F)(F)C(F)(F)C(F)(F)F. The maximum absolute atomic E-state index is 17.0. The van der Waals surface area contributed by atoms with Crippen LogP contribution in [0.25, 0.3) is 0 Å². The molecule has 21 heteroatoms. The van der Waals surface area contributed by atoms with Crippen molar-refractivity contribution in [2.24, 2.45) is 34.0 Å². The first-order valence-corrected chi connectivity index (χ1v) is 17.1. The molecule has 5 unspecified atom stereocenters. The first-order valence-electron chi connectivity index (χ1n) is 17.1. The minimum absolute atomic E-state index is 0.0870. The molecule has 0 N–H and O–H groups in total. The lowest BCUT2D eigenvalue weighted by Crippen LogP contribution is -2.85. The first kappa shape index (κ1) is 46.5. The van der Waals surface area contributed by atoms with E-state index < -0.39 is 120 Å². The number of ether oxygens (including phenoxy) is 2. The Morgan fingerprint density at radius 3 is 1.41 bits per heavy atom. The van der Waals surface area contributed by atoms with Gasteiger partial charge >= 0.3 is 47.9 Å². The quantitative estimate of drug-likeness (QED) is 0.0833. The lowest BCUT2D eigenvalue weighted by Gasteiger charge is -2.72. The van der Waals surface area contributed by atoms with Crippen molar-refractivity contribution in [2.75, 3.05) is 6.61 Å². The van der Waals surface area contributed by atoms with E-state index in [0.29, 0.717) is 0 Å². The third kappa shape index (κ3) is 6.35. The van der Waals surface area contributed by atoms with Gasteiger partial charge in [-0.1, -0.05) is 33.6 Å². The molecule has 0 radical (unpaired) electrons. The average Bonchev–Trinajstić information content (AvgIpc) is 3.01. The van der Waals surface area contributed by atoms with Crippen LogP contribution in [0.4, 0.5) is 79.0 Å². The van der Waals surface area contributed by atoms with Crippen LogP contribution in [0.1, 0.15) is 98.8 Å². The molecule has 54 heavy (non-hydrogen) atoms. The van der Waals surface area contributed by atoms with Gasteiger partial charge in [0.1, 0.15) is 0 Å². The summed E-state index contributed by atoms with van der Waals surface area (Å²) >= 11 is 0. The van der Waals surface area contributed by atoms with Gasteiger partial charge in [-0.25, -0.2) is 0 Å². The van der Waals surface area contributed by atoms with Crippen LogP contribution in [0.2, 0.25) is 0 Å². The first-order chi connectivity index (χ1) is 24.0. The Morgan fingerprint density at radius 1 is 0.648 bits per heavy atom. The Hall–Kier alpha value is -1.85. The summed E-state index contributed by atoms with van der Waals surface area (Å²) in [6, 6.07) is 1.87. The van der Waals surface area contributed by atoms with Crippen LogP contribution >= 0.6 is 0 Å². The average molecular weight is 826 g/mol. The zero-order valence-electron chi connectivity index (χ0n) is 29.7. The molecule has 4 rings (SSSR count). The van der Waals surface area contributed by atoms with Crippen molar-refractivity contribution in [3.05, 3.63) is 0 Å². The van der Waals surface area contributed by atoms with Gasteiger partial charge in [-0.3, -0.25) is 0 Å². The van der Waals surface area contributed by atoms with Crippen molar-refractivity contribution in [2.45, 2.75) is 159 Å². The summed E-state index contributed by atoms with van der Waals surface area (Å²) in [5.41, 5.74) is -13.9. The largest absolute Gasteiger partial charge is 0.460 e. The van der Waals surface area contributed by atoms with E-state index in [-0.39, 0.29) is 51.9 Å². The number of hydrogen-bond acceptors (Lipinski definition) is 3. The highest BCUT2D eigenvalue weighted by molar-refractivity contribution is 5.30. The normalized spacial score (nSPS) is 28.5. The minimum Gasteiger partial charge on any atom is -0.353 e. The van der Waals surface area contributed by atoms with Crippen LogP contribution in [0, 0.1) is 45.3 Å². The molecule has 0 aromatic rings. The lowest BCUT2D eigenvalue weighted by molar-refractivity contribution is -0.502. The third-order valence-corrected chi connectivity index (χ3v) is 12.2. The molecule has 4 aliphatic carbocycles. The summed E-state index contributed by atoms with van der Waals surface area (Å²) in [7, 11) is 0. The molecule has 4 saturated carbocycles. The van der Waals surface area contributed by atoms with Crippen LogP contribution in [0.3, 0.4) is 0 Å². The van der Waals surface area contributed by atoms with Crippen LogP contribution in [0.5, 0.6) is 0 Å². The van der Waals surface area contributed by atoms with Crippen LogP contribution in [-0.2, 0) is 9.47 Å². The van der Waals surface area contributed by atoms with E-state index in [1.54, 1.807) is 0 Å². The summed E-state index contributed by atoms with van der Waals surface area (Å²) < 4.78 is 280. The molecule has 0 amide bonds. The second-order valence-electron chi connectivity index (χ2n) is 15.7. The fraction of sp³-hybridized carbons (Fsp3) is 0.970. The summed E-state index contributed by atoms with van der Waals surface area (Å²) in [5, 5.41) is 9.54. The number of hydrogen-bond donors (Lipinski definition) is 0. The Balaban J connectivity index is 2.65. The Labute approximate surface area is 299 Å². The predicted octanol–water partition coefficient (Wildman–Crippen LogP) is 12.4. The van der Waals surface area contributed by atoms with Gasteiger partial charge in [0.2, 0.25) is 5.60 Å². The summed E-state index contributed by atoms with van der Waals surface area (Å²) in [4.78, 5) is 0. The molecular formula is C33H41F18NO2. The van der Waals surface area contributed by atoms with E-state index in [1.165, 1.54) is 27.7 Å². The van der Waals surface area contributed by atoms with Gasteiger partial charge < -0.3 is 9.47 Å². The zero-order chi connectivity index (χ0) is 42.2. The molecule has 0 spiro atoms. The van der Waals surface area contributed by atoms with Gasteiger partial charge in [-0.05, 0) is 87.9 Å². The zero-order valence-corrected chi connectivity index (χ0v) is 29.7. The van der Waals surface area contributed by atoms with Gasteiger partial charge in [0, 0.05) is 17.9 Å². The van der Waals surface area contributed by atoms with E-state index in [9.17, 15) is 49.2 Å². The molecular weight excluding hydrogens is 784 g/mol. The molecule has 0 heterocycles. The number of nitriles is 1. The van der Waals surface area contributed by atoms with Gasteiger partial charge in [-0.2, -0.15) is 84.3 Å². The summed E-state index contributed by atoms with van der Waals surface area (Å²) in [6.07, 6.45) is -23.9. The van der Waals surface area contributed by atoms with E-state index in [2.05, 4.69) is 4.74 Å². The van der Waals surface area contributed by atoms with Crippen molar-refractivity contribution in [3.8, 4) is 6.07 Å². The van der Waals surface area contributed by atoms with E-state index in [0.717, 1.165) is 0 Å². The standard InChI is InChI=1S/C33H41F18NO2/c1-6-8-9-53-19(4)54-25(26(34,35)28(38,39)30(42,43)32(46,47)48,27(36,37)29(40,41)31(44,45)33(49,50)51)24-14-20-10-21(15-24)13-23(12-20,17-24)22(5,7-2)11-18(3)16-52/h18-21H,6-15,17H2,1-5H3. The van der Waals surface area contributed by atoms with Crippen molar-refractivity contribution in [3.63, 3.8) is 0 Å². The van der Waals surface area contributed by atoms with Gasteiger partial charge in [0.25, 0.3) is 0 Å². The van der Waals surface area contributed by atoms with E-state index >= 15 is 35.1 Å². The topological polar surface area (TPSA) is 42.2 Å². The van der Waals surface area contributed by atoms with Crippen molar-refractivity contribution < 1.29 is 88.5 Å². The molecule has 0 aromatic heterocycles. The Morgan fingerprint density at radius 2 is 1.06 bits per heavy atom. The molecule has 4 bridgehead atoms. The number of nitrogens with zero attached hydrogens (tertiary/aromatic N) is 1. The highest BCUT2D eigenvalue weighted by Gasteiger charge is 2.99. The smallest absolute Gasteiger partial charge is 0.353 e. The summed E-state index contributed by atoms with van der Waals surface area (Å²) in [6.45, 7) is 5.09. The Kier molecular flexibility index (Phi) is 12.0. The fourth-order valence-corrected chi connectivity index (χ4v) is 9.84. The van der Waals surface area contributed by atoms with Crippen LogP contribution in [0.15, 0.2) is 0 Å². The highest BCUT2D eigenvalue weighted by atomic mass is 19.4. The van der Waals surface area contributed by atoms with E-state index in [1.807, 2.05) is 6.07 Å². The molecule has 316 valence electrons. The predicted molar refractivity (Wildman–Crippen MR) is 153 cm³/mol. The fourth-order valence-electron chi connectivity index (χ4n) is 9.84. The molecule has 0 aliphatic heterocycles. The maximum Gasteiger partial charge on any atom is 0.460 e. The molecule has 5 atom stereocenters. The molecule has 3 nitrogen and oxygen atoms in total. The van der Waals surface area contributed by atoms with Crippen LogP contribution in [-0.4, -0.2) is 66.4 Å². The van der Waals surface area contributed by atoms with Crippen molar-refractivity contribution in [1.29, 1.82) is 5.26 Å². The molecule has 0 saturated heterocycles. The number of alkyl halides is 18. The summed E-state index contributed by atoms with van der Waals surface area (Å²) in [5.74, 6) is -52.4.